The molecule has 1 heterocycles. The van der Waals surface area contributed by atoms with Gasteiger partial charge in [0.2, 0.25) is 5.91 Å². The number of nitrogens with one attached hydrogen (secondary N) is 2. The first kappa shape index (κ1) is 18.3. The van der Waals surface area contributed by atoms with E-state index in [9.17, 15) is 9.59 Å². The first-order chi connectivity index (χ1) is 11.9. The first-order valence-corrected chi connectivity index (χ1v) is 7.72. The third-order valence-electron chi connectivity index (χ3n) is 3.55. The Kier molecular flexibility index (Phi) is 5.99. The van der Waals surface area contributed by atoms with E-state index in [1.807, 2.05) is 19.9 Å². The average molecular weight is 346 g/mol. The minimum absolute atomic E-state index is 0.0380. The van der Waals surface area contributed by atoms with E-state index in [1.165, 1.54) is 7.11 Å². The van der Waals surface area contributed by atoms with Gasteiger partial charge in [-0.15, -0.1) is 0 Å². The van der Waals surface area contributed by atoms with Crippen LogP contribution in [0.1, 0.15) is 17.0 Å². The molecule has 0 saturated heterocycles. The number of ether oxygens (including phenoxy) is 2. The van der Waals surface area contributed by atoms with Gasteiger partial charge in [-0.2, -0.15) is 5.10 Å². The molecule has 1 aromatic carbocycles. The van der Waals surface area contributed by atoms with E-state index >= 15 is 0 Å². The number of hydrogen-bond donors (Lipinski definition) is 2. The second-order valence-electron chi connectivity index (χ2n) is 5.55. The Morgan fingerprint density at radius 2 is 1.72 bits per heavy atom. The van der Waals surface area contributed by atoms with E-state index in [1.54, 1.807) is 30.0 Å². The van der Waals surface area contributed by atoms with Crippen molar-refractivity contribution in [1.29, 1.82) is 0 Å². The molecule has 25 heavy (non-hydrogen) atoms. The minimum atomic E-state index is -0.355. The summed E-state index contributed by atoms with van der Waals surface area (Å²) in [6.45, 7) is 3.76. The average Bonchev–Trinajstić information content (AvgIpc) is 2.90. The van der Waals surface area contributed by atoms with E-state index in [4.69, 9.17) is 9.47 Å². The molecule has 0 atom stereocenters. The van der Waals surface area contributed by atoms with Gasteiger partial charge in [0, 0.05) is 5.69 Å². The fraction of sp³-hybridized carbons (Fsp3) is 0.353. The van der Waals surface area contributed by atoms with Crippen LogP contribution in [0, 0.1) is 13.8 Å². The number of methoxy groups -OCH3 is 2. The summed E-state index contributed by atoms with van der Waals surface area (Å²) in [5.74, 6) is 0.437. The molecule has 2 N–H and O–H groups in total. The number of rotatable bonds is 6. The fourth-order valence-corrected chi connectivity index (χ4v) is 2.37. The number of benzene rings is 1. The minimum Gasteiger partial charge on any atom is -0.493 e. The lowest BCUT2D eigenvalue weighted by Crippen LogP contribution is -2.44. The molecule has 8 nitrogen and oxygen atoms in total. The number of aryl methyl sites for hydroxylation is 2. The van der Waals surface area contributed by atoms with Crippen LogP contribution in [0.15, 0.2) is 24.3 Å². The zero-order valence-electron chi connectivity index (χ0n) is 14.8. The molecule has 0 radical (unpaired) electrons. The van der Waals surface area contributed by atoms with Crippen molar-refractivity contribution in [3.63, 3.8) is 0 Å². The highest BCUT2D eigenvalue weighted by molar-refractivity contribution is 5.83. The Balaban J connectivity index is 1.86. The van der Waals surface area contributed by atoms with Crippen LogP contribution in [0.3, 0.4) is 0 Å². The number of hydrogen-bond acceptors (Lipinski definition) is 5. The summed E-state index contributed by atoms with van der Waals surface area (Å²) in [6.07, 6.45) is 0.0978. The standard InChI is InChI=1S/C17H22N4O4/c1-11-7-12(2)21(20-11)10-17(23)19-18-16(22)9-13-5-6-14(24-3)15(8-13)25-4/h5-8H,9-10H2,1-4H3,(H,18,22)(H,19,23). The number of carbonyl (C=O) groups is 2. The highest BCUT2D eigenvalue weighted by Gasteiger charge is 2.11. The summed E-state index contributed by atoms with van der Waals surface area (Å²) in [6, 6.07) is 7.08. The molecule has 2 rings (SSSR count). The lowest BCUT2D eigenvalue weighted by Gasteiger charge is -2.11. The summed E-state index contributed by atoms with van der Waals surface area (Å²) >= 11 is 0. The number of nitrogens with zero attached hydrogens (tertiary/aromatic N) is 2. The van der Waals surface area contributed by atoms with Crippen LogP contribution < -0.4 is 20.3 Å². The van der Waals surface area contributed by atoms with Crippen LogP contribution >= 0.6 is 0 Å². The van der Waals surface area contributed by atoms with Crippen LogP contribution in [-0.4, -0.2) is 35.8 Å². The van der Waals surface area contributed by atoms with Crippen molar-refractivity contribution in [2.24, 2.45) is 0 Å². The second kappa shape index (κ2) is 8.18. The number of carbonyl (C=O) groups excluding carboxylic acids is 2. The van der Waals surface area contributed by atoms with E-state index in [2.05, 4.69) is 16.0 Å². The van der Waals surface area contributed by atoms with Crippen LogP contribution in [0.2, 0.25) is 0 Å². The van der Waals surface area contributed by atoms with Crippen LogP contribution in [0.4, 0.5) is 0 Å². The fourth-order valence-electron chi connectivity index (χ4n) is 2.37. The highest BCUT2D eigenvalue weighted by Crippen LogP contribution is 2.27. The van der Waals surface area contributed by atoms with Crippen molar-refractivity contribution in [3.8, 4) is 11.5 Å². The smallest absolute Gasteiger partial charge is 0.260 e. The first-order valence-electron chi connectivity index (χ1n) is 7.72. The molecular formula is C17H22N4O4. The Morgan fingerprint density at radius 1 is 1.04 bits per heavy atom. The zero-order chi connectivity index (χ0) is 18.4. The predicted molar refractivity (Wildman–Crippen MR) is 91.2 cm³/mol. The van der Waals surface area contributed by atoms with Crippen molar-refractivity contribution in [2.45, 2.75) is 26.8 Å². The lowest BCUT2D eigenvalue weighted by atomic mass is 10.1. The molecule has 0 aliphatic heterocycles. The Morgan fingerprint density at radius 3 is 2.32 bits per heavy atom. The molecule has 0 spiro atoms. The van der Waals surface area contributed by atoms with Gasteiger partial charge in [-0.3, -0.25) is 25.1 Å². The van der Waals surface area contributed by atoms with Crippen LogP contribution in [0.25, 0.3) is 0 Å². The van der Waals surface area contributed by atoms with Gasteiger partial charge < -0.3 is 9.47 Å². The molecule has 2 amide bonds. The summed E-state index contributed by atoms with van der Waals surface area (Å²) in [5.41, 5.74) is 7.23. The van der Waals surface area contributed by atoms with Crippen LogP contribution in [0.5, 0.6) is 11.5 Å². The maximum Gasteiger partial charge on any atom is 0.260 e. The van der Waals surface area contributed by atoms with Gasteiger partial charge in [0.15, 0.2) is 11.5 Å². The molecular weight excluding hydrogens is 324 g/mol. The van der Waals surface area contributed by atoms with Crippen molar-refractivity contribution in [2.75, 3.05) is 14.2 Å². The summed E-state index contributed by atoms with van der Waals surface area (Å²) < 4.78 is 11.9. The maximum absolute atomic E-state index is 12.0. The normalized spacial score (nSPS) is 10.2. The summed E-state index contributed by atoms with van der Waals surface area (Å²) in [7, 11) is 3.07. The van der Waals surface area contributed by atoms with Gasteiger partial charge in [0.25, 0.3) is 5.91 Å². The van der Waals surface area contributed by atoms with E-state index in [0.29, 0.717) is 11.5 Å². The molecule has 0 bridgehead atoms. The second-order valence-corrected chi connectivity index (χ2v) is 5.55. The van der Waals surface area contributed by atoms with Crippen molar-refractivity contribution in [1.82, 2.24) is 20.6 Å². The highest BCUT2D eigenvalue weighted by atomic mass is 16.5. The Hall–Kier alpha value is -3.03. The molecule has 2 aromatic rings. The van der Waals surface area contributed by atoms with Gasteiger partial charge in [0.1, 0.15) is 6.54 Å². The van der Waals surface area contributed by atoms with Gasteiger partial charge in [0.05, 0.1) is 26.3 Å². The number of amides is 2. The molecule has 0 unspecified atom stereocenters. The monoisotopic (exact) mass is 346 g/mol. The third kappa shape index (κ3) is 4.97. The topological polar surface area (TPSA) is 94.5 Å². The number of aromatic nitrogens is 2. The quantitative estimate of drug-likeness (QED) is 0.758. The Bertz CT molecular complexity index is 770. The van der Waals surface area contributed by atoms with Crippen LogP contribution in [-0.2, 0) is 22.6 Å². The lowest BCUT2D eigenvalue weighted by molar-refractivity contribution is -0.129. The predicted octanol–water partition coefficient (Wildman–Crippen LogP) is 0.907. The van der Waals surface area contributed by atoms with Crippen molar-refractivity contribution < 1.29 is 19.1 Å². The van der Waals surface area contributed by atoms with Crippen molar-refractivity contribution in [3.05, 3.63) is 41.2 Å². The summed E-state index contributed by atoms with van der Waals surface area (Å²) in [5, 5.41) is 4.20. The zero-order valence-corrected chi connectivity index (χ0v) is 14.8. The van der Waals surface area contributed by atoms with Gasteiger partial charge in [-0.1, -0.05) is 6.07 Å². The summed E-state index contributed by atoms with van der Waals surface area (Å²) in [4.78, 5) is 23.9. The molecule has 0 fully saturated rings. The van der Waals surface area contributed by atoms with Crippen molar-refractivity contribution >= 4 is 11.8 Å². The van der Waals surface area contributed by atoms with Gasteiger partial charge in [-0.05, 0) is 37.6 Å². The molecule has 134 valence electrons. The maximum atomic E-state index is 12.0. The SMILES string of the molecule is COc1ccc(CC(=O)NNC(=O)Cn2nc(C)cc2C)cc1OC. The van der Waals surface area contributed by atoms with Gasteiger partial charge >= 0.3 is 0 Å². The largest absolute Gasteiger partial charge is 0.493 e. The molecule has 8 heteroatoms. The van der Waals surface area contributed by atoms with E-state index in [-0.39, 0.29) is 24.8 Å². The van der Waals surface area contributed by atoms with E-state index in [0.717, 1.165) is 17.0 Å². The third-order valence-corrected chi connectivity index (χ3v) is 3.55. The molecule has 0 saturated carbocycles. The van der Waals surface area contributed by atoms with E-state index < -0.39 is 0 Å². The number of hydrazine groups is 1. The molecule has 0 aliphatic carbocycles. The molecule has 1 aromatic heterocycles. The van der Waals surface area contributed by atoms with Gasteiger partial charge in [-0.25, -0.2) is 0 Å². The molecule has 0 aliphatic rings. The Labute approximate surface area is 146 Å².